The van der Waals surface area contributed by atoms with Crippen LogP contribution < -0.4 is 0 Å². The van der Waals surface area contributed by atoms with Crippen molar-refractivity contribution < 1.29 is 8.81 Å². The monoisotopic (exact) mass is 303 g/mol. The fraction of sp³-hybridized carbons (Fsp3) is 0.182. The molecule has 1 heterocycles. The zero-order valence-corrected chi connectivity index (χ0v) is 10.7. The summed E-state index contributed by atoms with van der Waals surface area (Å²) in [5.74, 6) is 0.580. The molecule has 16 heavy (non-hydrogen) atoms. The van der Waals surface area contributed by atoms with Crippen LogP contribution in [-0.4, -0.2) is 4.98 Å². The molecule has 0 bridgehead atoms. The number of hydrogen-bond donors (Lipinski definition) is 0. The third kappa shape index (κ3) is 2.13. The minimum Gasteiger partial charge on any atom is -0.439 e. The molecule has 0 aliphatic carbocycles. The van der Waals surface area contributed by atoms with Gasteiger partial charge in [-0.25, -0.2) is 9.37 Å². The van der Waals surface area contributed by atoms with Gasteiger partial charge in [0, 0.05) is 5.56 Å². The van der Waals surface area contributed by atoms with E-state index in [2.05, 4.69) is 20.9 Å². The molecule has 0 fully saturated rings. The average Bonchev–Trinajstić information content (AvgIpc) is 2.71. The van der Waals surface area contributed by atoms with E-state index in [0.29, 0.717) is 21.7 Å². The van der Waals surface area contributed by atoms with Gasteiger partial charge in [0.1, 0.15) is 11.2 Å². The zero-order valence-electron chi connectivity index (χ0n) is 8.38. The van der Waals surface area contributed by atoms with Gasteiger partial charge in [-0.05, 0) is 35.0 Å². The number of hydrogen-bond acceptors (Lipinski definition) is 2. The van der Waals surface area contributed by atoms with Crippen molar-refractivity contribution >= 4 is 27.5 Å². The normalized spacial score (nSPS) is 12.8. The molecule has 0 saturated carbocycles. The standard InChI is InChI=1S/C11H8BrClFNO/c1-6(13)11-15-5-9(16-11)7-3-2-4-8(14)10(7)12/h2-6H,1H3. The summed E-state index contributed by atoms with van der Waals surface area (Å²) in [6, 6.07) is 4.73. The van der Waals surface area contributed by atoms with Gasteiger partial charge in [-0.2, -0.15) is 0 Å². The van der Waals surface area contributed by atoms with Crippen molar-refractivity contribution in [3.63, 3.8) is 0 Å². The molecule has 0 spiro atoms. The smallest absolute Gasteiger partial charge is 0.212 e. The minimum absolute atomic E-state index is 0.305. The van der Waals surface area contributed by atoms with Gasteiger partial charge in [-0.3, -0.25) is 0 Å². The molecule has 2 nitrogen and oxygen atoms in total. The topological polar surface area (TPSA) is 26.0 Å². The van der Waals surface area contributed by atoms with Crippen LogP contribution in [0.15, 0.2) is 33.3 Å². The van der Waals surface area contributed by atoms with E-state index in [9.17, 15) is 4.39 Å². The third-order valence-electron chi connectivity index (χ3n) is 2.08. The van der Waals surface area contributed by atoms with E-state index in [1.807, 2.05) is 0 Å². The Balaban J connectivity index is 2.47. The maximum atomic E-state index is 13.3. The van der Waals surface area contributed by atoms with E-state index in [0.717, 1.165) is 0 Å². The minimum atomic E-state index is -0.339. The second-order valence-corrected chi connectivity index (χ2v) is 4.73. The molecule has 0 radical (unpaired) electrons. The molecule has 2 rings (SSSR count). The fourth-order valence-corrected chi connectivity index (χ4v) is 1.85. The lowest BCUT2D eigenvalue weighted by molar-refractivity contribution is 0.507. The van der Waals surface area contributed by atoms with Crippen LogP contribution in [0.3, 0.4) is 0 Å². The molecule has 0 aliphatic heterocycles. The van der Waals surface area contributed by atoms with Crippen LogP contribution >= 0.6 is 27.5 Å². The first kappa shape index (κ1) is 11.6. The van der Waals surface area contributed by atoms with Gasteiger partial charge >= 0.3 is 0 Å². The van der Waals surface area contributed by atoms with Gasteiger partial charge in [0.15, 0.2) is 5.76 Å². The predicted octanol–water partition coefficient (Wildman–Crippen LogP) is 4.54. The summed E-state index contributed by atoms with van der Waals surface area (Å²) in [7, 11) is 0. The molecular formula is C11H8BrClFNO. The van der Waals surface area contributed by atoms with E-state index >= 15 is 0 Å². The molecular weight excluding hydrogens is 296 g/mol. The Morgan fingerprint density at radius 3 is 2.88 bits per heavy atom. The first-order valence-corrected chi connectivity index (χ1v) is 5.86. The maximum Gasteiger partial charge on any atom is 0.212 e. The second kappa shape index (κ2) is 4.55. The molecule has 1 atom stereocenters. The summed E-state index contributed by atoms with van der Waals surface area (Å²) in [4.78, 5) is 4.02. The maximum absolute atomic E-state index is 13.3. The Bertz CT molecular complexity index is 512. The number of benzene rings is 1. The molecule has 0 N–H and O–H groups in total. The zero-order chi connectivity index (χ0) is 11.7. The van der Waals surface area contributed by atoms with E-state index < -0.39 is 0 Å². The van der Waals surface area contributed by atoms with Crippen LogP contribution in [0.25, 0.3) is 11.3 Å². The van der Waals surface area contributed by atoms with Crippen molar-refractivity contribution in [3.8, 4) is 11.3 Å². The van der Waals surface area contributed by atoms with Crippen LogP contribution in [0.4, 0.5) is 4.39 Å². The van der Waals surface area contributed by atoms with Crippen molar-refractivity contribution in [3.05, 3.63) is 40.6 Å². The van der Waals surface area contributed by atoms with Gasteiger partial charge in [0.2, 0.25) is 5.89 Å². The molecule has 5 heteroatoms. The van der Waals surface area contributed by atoms with E-state index in [-0.39, 0.29) is 11.2 Å². The lowest BCUT2D eigenvalue weighted by atomic mass is 10.2. The van der Waals surface area contributed by atoms with Gasteiger partial charge in [-0.1, -0.05) is 6.07 Å². The average molecular weight is 305 g/mol. The van der Waals surface area contributed by atoms with Gasteiger partial charge in [-0.15, -0.1) is 11.6 Å². The first-order chi connectivity index (χ1) is 7.59. The Labute approximate surface area is 106 Å². The summed E-state index contributed by atoms with van der Waals surface area (Å²) in [5.41, 5.74) is 0.621. The SMILES string of the molecule is CC(Cl)c1ncc(-c2cccc(F)c2Br)o1. The first-order valence-electron chi connectivity index (χ1n) is 4.63. The molecule has 84 valence electrons. The quantitative estimate of drug-likeness (QED) is 0.761. The molecule has 0 aliphatic rings. The van der Waals surface area contributed by atoms with Crippen molar-refractivity contribution in [2.45, 2.75) is 12.3 Å². The Morgan fingerprint density at radius 2 is 2.25 bits per heavy atom. The highest BCUT2D eigenvalue weighted by molar-refractivity contribution is 9.10. The number of aromatic nitrogens is 1. The fourth-order valence-electron chi connectivity index (χ4n) is 1.29. The summed E-state index contributed by atoms with van der Waals surface area (Å²) >= 11 is 9.00. The van der Waals surface area contributed by atoms with Crippen molar-refractivity contribution in [2.75, 3.05) is 0 Å². The summed E-state index contributed by atoms with van der Waals surface area (Å²) in [5, 5.41) is -0.305. The molecule has 0 amide bonds. The van der Waals surface area contributed by atoms with Gasteiger partial charge < -0.3 is 4.42 Å². The molecule has 1 aromatic heterocycles. The number of alkyl halides is 1. The molecule has 2 aromatic rings. The van der Waals surface area contributed by atoms with Gasteiger partial charge in [0.05, 0.1) is 10.7 Å². The number of rotatable bonds is 2. The Kier molecular flexibility index (Phi) is 3.30. The summed E-state index contributed by atoms with van der Waals surface area (Å²) in [6.45, 7) is 1.76. The molecule has 0 saturated heterocycles. The van der Waals surface area contributed by atoms with Crippen molar-refractivity contribution in [1.82, 2.24) is 4.98 Å². The summed E-state index contributed by atoms with van der Waals surface area (Å²) in [6.07, 6.45) is 1.54. The highest BCUT2D eigenvalue weighted by Gasteiger charge is 2.14. The number of oxazole rings is 1. The van der Waals surface area contributed by atoms with E-state index in [1.54, 1.807) is 19.1 Å². The predicted molar refractivity (Wildman–Crippen MR) is 63.9 cm³/mol. The Hall–Kier alpha value is -0.870. The largest absolute Gasteiger partial charge is 0.439 e. The van der Waals surface area contributed by atoms with Crippen molar-refractivity contribution in [2.24, 2.45) is 0 Å². The van der Waals surface area contributed by atoms with Crippen LogP contribution in [0.1, 0.15) is 18.2 Å². The van der Waals surface area contributed by atoms with Gasteiger partial charge in [0.25, 0.3) is 0 Å². The number of halogens is 3. The van der Waals surface area contributed by atoms with Crippen LogP contribution in [-0.2, 0) is 0 Å². The molecule has 1 aromatic carbocycles. The highest BCUT2D eigenvalue weighted by Crippen LogP contribution is 2.32. The van der Waals surface area contributed by atoms with E-state index in [4.69, 9.17) is 16.0 Å². The number of nitrogens with zero attached hydrogens (tertiary/aromatic N) is 1. The van der Waals surface area contributed by atoms with Crippen LogP contribution in [0.5, 0.6) is 0 Å². The third-order valence-corrected chi connectivity index (χ3v) is 3.07. The molecule has 1 unspecified atom stereocenters. The Morgan fingerprint density at radius 1 is 1.50 bits per heavy atom. The highest BCUT2D eigenvalue weighted by atomic mass is 79.9. The van der Waals surface area contributed by atoms with Crippen LogP contribution in [0, 0.1) is 5.82 Å². The van der Waals surface area contributed by atoms with Crippen LogP contribution in [0.2, 0.25) is 0 Å². The van der Waals surface area contributed by atoms with E-state index in [1.165, 1.54) is 12.3 Å². The lowest BCUT2D eigenvalue weighted by Crippen LogP contribution is -1.82. The second-order valence-electron chi connectivity index (χ2n) is 3.28. The lowest BCUT2D eigenvalue weighted by Gasteiger charge is -2.01. The summed E-state index contributed by atoms with van der Waals surface area (Å²) < 4.78 is 19.1. The van der Waals surface area contributed by atoms with Crippen molar-refractivity contribution in [1.29, 1.82) is 0 Å².